The third kappa shape index (κ3) is 3.49. The highest BCUT2D eigenvalue weighted by Gasteiger charge is 2.11. The van der Waals surface area contributed by atoms with Crippen LogP contribution >= 0.6 is 0 Å². The molecule has 0 saturated heterocycles. The van der Waals surface area contributed by atoms with E-state index in [1.165, 1.54) is 18.2 Å². The fourth-order valence-electron chi connectivity index (χ4n) is 2.01. The minimum atomic E-state index is -0.427. The van der Waals surface area contributed by atoms with E-state index in [0.29, 0.717) is 22.8 Å². The first kappa shape index (κ1) is 14.6. The number of nitrogen functional groups attached to an aromatic ring is 1. The highest BCUT2D eigenvalue weighted by Crippen LogP contribution is 2.20. The van der Waals surface area contributed by atoms with E-state index in [0.717, 1.165) is 4.80 Å². The van der Waals surface area contributed by atoms with E-state index in [1.54, 1.807) is 24.3 Å². The summed E-state index contributed by atoms with van der Waals surface area (Å²) in [5.41, 5.74) is 7.38. The van der Waals surface area contributed by atoms with Gasteiger partial charge in [0.25, 0.3) is 0 Å². The van der Waals surface area contributed by atoms with Crippen LogP contribution < -0.4 is 11.1 Å². The maximum absolute atomic E-state index is 13.1. The normalized spacial score (nSPS) is 10.5. The van der Waals surface area contributed by atoms with Crippen molar-refractivity contribution in [2.24, 2.45) is 0 Å². The van der Waals surface area contributed by atoms with Crippen LogP contribution in [0.25, 0.3) is 11.4 Å². The van der Waals surface area contributed by atoms with Gasteiger partial charge in [-0.2, -0.15) is 4.80 Å². The number of carbonyl (C=O) groups excluding carboxylic acids is 1. The van der Waals surface area contributed by atoms with E-state index < -0.39 is 5.82 Å². The van der Waals surface area contributed by atoms with Gasteiger partial charge in [0.1, 0.15) is 12.4 Å². The van der Waals surface area contributed by atoms with Crippen molar-refractivity contribution < 1.29 is 9.18 Å². The van der Waals surface area contributed by atoms with Gasteiger partial charge in [-0.1, -0.05) is 18.2 Å². The number of para-hydroxylation sites is 1. The summed E-state index contributed by atoms with van der Waals surface area (Å²) in [4.78, 5) is 13.1. The summed E-state index contributed by atoms with van der Waals surface area (Å²) in [6.07, 6.45) is 0. The first-order chi connectivity index (χ1) is 11.1. The second-order valence-electron chi connectivity index (χ2n) is 4.79. The van der Waals surface area contributed by atoms with Gasteiger partial charge < -0.3 is 11.1 Å². The smallest absolute Gasteiger partial charge is 0.248 e. The second kappa shape index (κ2) is 6.22. The molecule has 1 amide bonds. The third-order valence-electron chi connectivity index (χ3n) is 3.05. The van der Waals surface area contributed by atoms with E-state index >= 15 is 0 Å². The Labute approximate surface area is 130 Å². The van der Waals surface area contributed by atoms with Gasteiger partial charge >= 0.3 is 0 Å². The van der Waals surface area contributed by atoms with Gasteiger partial charge in [0.15, 0.2) is 0 Å². The number of hydrogen-bond acceptors (Lipinski definition) is 5. The lowest BCUT2D eigenvalue weighted by Gasteiger charge is -2.04. The van der Waals surface area contributed by atoms with Crippen molar-refractivity contribution in [3.8, 4) is 11.4 Å². The number of tetrazole rings is 1. The zero-order chi connectivity index (χ0) is 16.2. The van der Waals surface area contributed by atoms with Gasteiger partial charge in [0, 0.05) is 16.9 Å². The summed E-state index contributed by atoms with van der Waals surface area (Å²) in [5, 5.41) is 14.4. The predicted octanol–water partition coefficient (Wildman–Crippen LogP) is 1.70. The molecule has 3 rings (SSSR count). The summed E-state index contributed by atoms with van der Waals surface area (Å²) in [5.74, 6) is -0.481. The van der Waals surface area contributed by atoms with Crippen molar-refractivity contribution in [3.05, 3.63) is 54.3 Å². The number of amides is 1. The Hall–Kier alpha value is -3.29. The average molecular weight is 312 g/mol. The molecule has 0 aliphatic rings. The number of anilines is 2. The molecule has 0 aliphatic heterocycles. The molecule has 1 heterocycles. The van der Waals surface area contributed by atoms with E-state index in [4.69, 9.17) is 5.73 Å². The van der Waals surface area contributed by atoms with E-state index in [-0.39, 0.29) is 12.5 Å². The first-order valence-corrected chi connectivity index (χ1v) is 6.80. The van der Waals surface area contributed by atoms with Crippen LogP contribution in [0, 0.1) is 5.82 Å². The number of nitrogens with one attached hydrogen (secondary N) is 1. The monoisotopic (exact) mass is 312 g/mol. The van der Waals surface area contributed by atoms with Crippen molar-refractivity contribution in [2.75, 3.05) is 11.1 Å². The van der Waals surface area contributed by atoms with E-state index in [1.807, 2.05) is 6.07 Å². The zero-order valence-corrected chi connectivity index (χ0v) is 12.0. The molecule has 0 fully saturated rings. The van der Waals surface area contributed by atoms with Crippen LogP contribution in [0.5, 0.6) is 0 Å². The predicted molar refractivity (Wildman–Crippen MR) is 82.7 cm³/mol. The van der Waals surface area contributed by atoms with Crippen LogP contribution in [0.4, 0.5) is 15.8 Å². The van der Waals surface area contributed by atoms with Crippen molar-refractivity contribution >= 4 is 17.3 Å². The number of aromatic nitrogens is 4. The number of rotatable bonds is 4. The van der Waals surface area contributed by atoms with Crippen LogP contribution in [0.2, 0.25) is 0 Å². The van der Waals surface area contributed by atoms with Crippen LogP contribution in [0.15, 0.2) is 48.5 Å². The molecule has 0 bridgehead atoms. The largest absolute Gasteiger partial charge is 0.398 e. The molecule has 0 atom stereocenters. The molecule has 3 N–H and O–H groups in total. The molecule has 0 radical (unpaired) electrons. The second-order valence-corrected chi connectivity index (χ2v) is 4.79. The van der Waals surface area contributed by atoms with Crippen molar-refractivity contribution in [3.63, 3.8) is 0 Å². The third-order valence-corrected chi connectivity index (χ3v) is 3.05. The minimum Gasteiger partial charge on any atom is -0.398 e. The fourth-order valence-corrected chi connectivity index (χ4v) is 2.01. The van der Waals surface area contributed by atoms with Gasteiger partial charge in [-0.05, 0) is 35.5 Å². The number of carbonyl (C=O) groups is 1. The molecule has 0 unspecified atom stereocenters. The van der Waals surface area contributed by atoms with Crippen LogP contribution in [-0.4, -0.2) is 26.1 Å². The standard InChI is InChI=1S/C15H13FN6O/c16-10-4-3-5-11(8-10)18-14(23)9-22-20-15(19-21-22)12-6-1-2-7-13(12)17/h1-8H,9,17H2,(H,18,23). The van der Waals surface area contributed by atoms with Gasteiger partial charge in [-0.15, -0.1) is 10.2 Å². The maximum atomic E-state index is 13.1. The number of nitrogens with zero attached hydrogens (tertiary/aromatic N) is 4. The van der Waals surface area contributed by atoms with Crippen molar-refractivity contribution in [2.45, 2.75) is 6.54 Å². The summed E-state index contributed by atoms with van der Waals surface area (Å²) < 4.78 is 13.1. The molecule has 7 nitrogen and oxygen atoms in total. The molecule has 0 aliphatic carbocycles. The van der Waals surface area contributed by atoms with Crippen molar-refractivity contribution in [1.29, 1.82) is 0 Å². The lowest BCUT2D eigenvalue weighted by Crippen LogP contribution is -2.20. The Bertz CT molecular complexity index is 847. The number of hydrogen-bond donors (Lipinski definition) is 2. The fraction of sp³-hybridized carbons (Fsp3) is 0.0667. The summed E-state index contributed by atoms with van der Waals surface area (Å²) in [6.45, 7) is -0.143. The van der Waals surface area contributed by atoms with Crippen LogP contribution in [-0.2, 0) is 11.3 Å². The molecule has 116 valence electrons. The first-order valence-electron chi connectivity index (χ1n) is 6.80. The Morgan fingerprint density at radius 3 is 2.83 bits per heavy atom. The minimum absolute atomic E-state index is 0.143. The molecular formula is C15H13FN6O. The highest BCUT2D eigenvalue weighted by molar-refractivity contribution is 5.90. The zero-order valence-electron chi connectivity index (χ0n) is 12.0. The molecule has 8 heteroatoms. The molecule has 2 aromatic carbocycles. The van der Waals surface area contributed by atoms with Crippen LogP contribution in [0.3, 0.4) is 0 Å². The Morgan fingerprint density at radius 2 is 2.04 bits per heavy atom. The topological polar surface area (TPSA) is 98.7 Å². The van der Waals surface area contributed by atoms with Gasteiger partial charge in [0.2, 0.25) is 11.7 Å². The summed E-state index contributed by atoms with van der Waals surface area (Å²) in [7, 11) is 0. The van der Waals surface area contributed by atoms with Crippen molar-refractivity contribution in [1.82, 2.24) is 20.2 Å². The van der Waals surface area contributed by atoms with Gasteiger partial charge in [0.05, 0.1) is 0 Å². The molecule has 3 aromatic rings. The maximum Gasteiger partial charge on any atom is 0.248 e. The lowest BCUT2D eigenvalue weighted by molar-refractivity contribution is -0.117. The average Bonchev–Trinajstić information content (AvgIpc) is 2.95. The van der Waals surface area contributed by atoms with Gasteiger partial charge in [-0.25, -0.2) is 4.39 Å². The quantitative estimate of drug-likeness (QED) is 0.714. The number of benzene rings is 2. The molecular weight excluding hydrogens is 299 g/mol. The lowest BCUT2D eigenvalue weighted by atomic mass is 10.2. The molecule has 0 saturated carbocycles. The molecule has 1 aromatic heterocycles. The molecule has 0 spiro atoms. The van der Waals surface area contributed by atoms with Crippen LogP contribution in [0.1, 0.15) is 0 Å². The summed E-state index contributed by atoms with van der Waals surface area (Å²) in [6, 6.07) is 12.7. The van der Waals surface area contributed by atoms with E-state index in [2.05, 4.69) is 20.7 Å². The molecule has 23 heavy (non-hydrogen) atoms. The highest BCUT2D eigenvalue weighted by atomic mass is 19.1. The Morgan fingerprint density at radius 1 is 1.22 bits per heavy atom. The van der Waals surface area contributed by atoms with E-state index in [9.17, 15) is 9.18 Å². The van der Waals surface area contributed by atoms with Gasteiger partial charge in [-0.3, -0.25) is 4.79 Å². The number of nitrogens with two attached hydrogens (primary N) is 1. The Kier molecular flexibility index (Phi) is 3.96. The SMILES string of the molecule is Nc1ccccc1-c1nnn(CC(=O)Nc2cccc(F)c2)n1. The summed E-state index contributed by atoms with van der Waals surface area (Å²) >= 11 is 0. The number of halogens is 1. The Balaban J connectivity index is 1.69.